The summed E-state index contributed by atoms with van der Waals surface area (Å²) in [6, 6.07) is 0.589. The first kappa shape index (κ1) is 11.9. The molecule has 1 aliphatic rings. The summed E-state index contributed by atoms with van der Waals surface area (Å²) in [4.78, 5) is 8.52. The predicted octanol–water partition coefficient (Wildman–Crippen LogP) is 2.69. The molecule has 0 amide bonds. The van der Waals surface area contributed by atoms with Crippen LogP contribution in [0.1, 0.15) is 25.0 Å². The third-order valence-corrected chi connectivity index (χ3v) is 3.69. The third kappa shape index (κ3) is 2.47. The van der Waals surface area contributed by atoms with E-state index in [1.165, 1.54) is 18.5 Å². The number of hydrogen-bond donors (Lipinski definition) is 1. The van der Waals surface area contributed by atoms with Gasteiger partial charge in [-0.2, -0.15) is 0 Å². The van der Waals surface area contributed by atoms with E-state index in [1.807, 2.05) is 12.4 Å². The number of allylic oxidation sites excluding steroid dienone is 1. The zero-order chi connectivity index (χ0) is 12.4. The van der Waals surface area contributed by atoms with Crippen molar-refractivity contribution < 1.29 is 0 Å². The van der Waals surface area contributed by atoms with E-state index < -0.39 is 0 Å². The Kier molecular flexibility index (Phi) is 3.43. The zero-order valence-corrected chi connectivity index (χ0v) is 11.6. The Morgan fingerprint density at radius 2 is 2.28 bits per heavy atom. The van der Waals surface area contributed by atoms with Gasteiger partial charge in [0.15, 0.2) is 5.65 Å². The van der Waals surface area contributed by atoms with E-state index in [-0.39, 0.29) is 0 Å². The van der Waals surface area contributed by atoms with Gasteiger partial charge >= 0.3 is 0 Å². The molecule has 18 heavy (non-hydrogen) atoms. The van der Waals surface area contributed by atoms with Crippen LogP contribution in [-0.2, 0) is 6.54 Å². The molecular formula is C13H15BrN4. The predicted molar refractivity (Wildman–Crippen MR) is 74.3 cm³/mol. The average Bonchev–Trinajstić information content (AvgIpc) is 2.80. The maximum atomic E-state index is 4.35. The van der Waals surface area contributed by atoms with Gasteiger partial charge in [0.1, 0.15) is 4.60 Å². The summed E-state index contributed by atoms with van der Waals surface area (Å²) in [6.45, 7) is 0.843. The van der Waals surface area contributed by atoms with Crippen LogP contribution in [0.25, 0.3) is 5.65 Å². The summed E-state index contributed by atoms with van der Waals surface area (Å²) >= 11 is 3.39. The lowest BCUT2D eigenvalue weighted by Gasteiger charge is -2.19. The highest BCUT2D eigenvalue weighted by atomic mass is 79.9. The molecule has 0 bridgehead atoms. The molecule has 94 valence electrons. The number of nitrogens with one attached hydrogen (secondary N) is 1. The molecule has 2 aromatic rings. The van der Waals surface area contributed by atoms with Crippen LogP contribution in [0.5, 0.6) is 0 Å². The molecule has 1 N–H and O–H groups in total. The van der Waals surface area contributed by atoms with Crippen LogP contribution in [0.4, 0.5) is 0 Å². The van der Waals surface area contributed by atoms with Crippen LogP contribution in [0, 0.1) is 0 Å². The monoisotopic (exact) mass is 306 g/mol. The number of fused-ring (bicyclic) bond motifs is 1. The summed E-state index contributed by atoms with van der Waals surface area (Å²) < 4.78 is 2.90. The van der Waals surface area contributed by atoms with Crippen molar-refractivity contribution in [2.75, 3.05) is 0 Å². The van der Waals surface area contributed by atoms with E-state index >= 15 is 0 Å². The molecule has 5 heteroatoms. The van der Waals surface area contributed by atoms with E-state index in [1.54, 1.807) is 6.20 Å². The summed E-state index contributed by atoms with van der Waals surface area (Å²) in [7, 11) is 0. The number of halogens is 1. The normalized spacial score (nSPS) is 19.5. The third-order valence-electron chi connectivity index (χ3n) is 3.28. The second-order valence-electron chi connectivity index (χ2n) is 4.55. The van der Waals surface area contributed by atoms with Crippen molar-refractivity contribution in [3.63, 3.8) is 0 Å². The number of rotatable bonds is 3. The first-order valence-corrected chi connectivity index (χ1v) is 6.98. The second kappa shape index (κ2) is 5.20. The van der Waals surface area contributed by atoms with E-state index in [9.17, 15) is 0 Å². The van der Waals surface area contributed by atoms with Crippen molar-refractivity contribution in [3.05, 3.63) is 41.0 Å². The molecule has 0 spiro atoms. The first-order chi connectivity index (χ1) is 8.83. The fourth-order valence-corrected chi connectivity index (χ4v) is 2.58. The van der Waals surface area contributed by atoms with Gasteiger partial charge in [0.2, 0.25) is 0 Å². The SMILES string of the molecule is Brc1cn2c(CNC3CC=CCC3)cnc2cn1. The minimum absolute atomic E-state index is 0.589. The van der Waals surface area contributed by atoms with Crippen molar-refractivity contribution in [2.45, 2.75) is 31.8 Å². The van der Waals surface area contributed by atoms with Gasteiger partial charge in [-0.15, -0.1) is 0 Å². The Balaban J connectivity index is 1.74. The lowest BCUT2D eigenvalue weighted by Crippen LogP contribution is -2.29. The number of nitrogens with zero attached hydrogens (tertiary/aromatic N) is 3. The lowest BCUT2D eigenvalue weighted by atomic mass is 10.0. The van der Waals surface area contributed by atoms with Crippen LogP contribution in [0.2, 0.25) is 0 Å². The maximum Gasteiger partial charge on any atom is 0.155 e. The average molecular weight is 307 g/mol. The topological polar surface area (TPSA) is 42.2 Å². The van der Waals surface area contributed by atoms with Gasteiger partial charge in [0.25, 0.3) is 0 Å². The molecule has 0 saturated heterocycles. The largest absolute Gasteiger partial charge is 0.308 e. The second-order valence-corrected chi connectivity index (χ2v) is 5.36. The van der Waals surface area contributed by atoms with Crippen molar-refractivity contribution in [1.82, 2.24) is 19.7 Å². The fraction of sp³-hybridized carbons (Fsp3) is 0.385. The first-order valence-electron chi connectivity index (χ1n) is 6.19. The van der Waals surface area contributed by atoms with Gasteiger partial charge in [-0.3, -0.25) is 4.40 Å². The number of aromatic nitrogens is 3. The Morgan fingerprint density at radius 1 is 1.33 bits per heavy atom. The molecule has 2 heterocycles. The molecule has 0 aliphatic heterocycles. The summed E-state index contributed by atoms with van der Waals surface area (Å²) in [5, 5.41) is 3.59. The van der Waals surface area contributed by atoms with Crippen molar-refractivity contribution >= 4 is 21.6 Å². The van der Waals surface area contributed by atoms with Gasteiger partial charge in [-0.1, -0.05) is 12.2 Å². The minimum Gasteiger partial charge on any atom is -0.308 e. The Labute approximate surface area is 114 Å². The smallest absolute Gasteiger partial charge is 0.155 e. The number of hydrogen-bond acceptors (Lipinski definition) is 3. The van der Waals surface area contributed by atoms with Crippen LogP contribution < -0.4 is 5.32 Å². The summed E-state index contributed by atoms with van der Waals surface area (Å²) in [6.07, 6.45) is 13.7. The molecule has 4 nitrogen and oxygen atoms in total. The van der Waals surface area contributed by atoms with Gasteiger partial charge in [-0.25, -0.2) is 9.97 Å². The summed E-state index contributed by atoms with van der Waals surface area (Å²) in [5.41, 5.74) is 2.06. The molecule has 0 saturated carbocycles. The van der Waals surface area contributed by atoms with Gasteiger partial charge in [0.05, 0.1) is 18.1 Å². The highest BCUT2D eigenvalue weighted by Gasteiger charge is 2.10. The highest BCUT2D eigenvalue weighted by molar-refractivity contribution is 9.10. The standard InChI is InChI=1S/C13H15BrN4/c14-12-9-18-11(7-17-13(18)8-16-12)6-15-10-4-2-1-3-5-10/h1-2,7-10,15H,3-6H2. The molecule has 1 unspecified atom stereocenters. The molecule has 0 radical (unpaired) electrons. The van der Waals surface area contributed by atoms with Gasteiger partial charge in [-0.05, 0) is 35.2 Å². The fourth-order valence-electron chi connectivity index (χ4n) is 2.27. The lowest BCUT2D eigenvalue weighted by molar-refractivity contribution is 0.470. The van der Waals surface area contributed by atoms with Gasteiger partial charge < -0.3 is 5.32 Å². The minimum atomic E-state index is 0.589. The van der Waals surface area contributed by atoms with Crippen LogP contribution in [0.15, 0.2) is 35.3 Å². The van der Waals surface area contributed by atoms with Crippen LogP contribution in [-0.4, -0.2) is 20.4 Å². The maximum absolute atomic E-state index is 4.35. The number of imidazole rings is 1. The molecule has 2 aromatic heterocycles. The molecular weight excluding hydrogens is 292 g/mol. The quantitative estimate of drug-likeness (QED) is 0.887. The van der Waals surface area contributed by atoms with Crippen molar-refractivity contribution in [2.24, 2.45) is 0 Å². The van der Waals surface area contributed by atoms with Crippen LogP contribution in [0.3, 0.4) is 0 Å². The Morgan fingerprint density at radius 3 is 3.11 bits per heavy atom. The summed E-state index contributed by atoms with van der Waals surface area (Å²) in [5.74, 6) is 0. The molecule has 0 fully saturated rings. The van der Waals surface area contributed by atoms with Crippen LogP contribution >= 0.6 is 15.9 Å². The molecule has 0 aromatic carbocycles. The van der Waals surface area contributed by atoms with Gasteiger partial charge in [0, 0.05) is 18.8 Å². The Bertz CT molecular complexity index is 575. The van der Waals surface area contributed by atoms with E-state index in [0.717, 1.165) is 23.2 Å². The van der Waals surface area contributed by atoms with Crippen molar-refractivity contribution in [1.29, 1.82) is 0 Å². The molecule has 3 rings (SSSR count). The van der Waals surface area contributed by atoms with E-state index in [4.69, 9.17) is 0 Å². The van der Waals surface area contributed by atoms with E-state index in [0.29, 0.717) is 6.04 Å². The zero-order valence-electron chi connectivity index (χ0n) is 10.0. The molecule has 1 aliphatic carbocycles. The highest BCUT2D eigenvalue weighted by Crippen LogP contribution is 2.13. The molecule has 1 atom stereocenters. The van der Waals surface area contributed by atoms with Crippen molar-refractivity contribution in [3.8, 4) is 0 Å². The van der Waals surface area contributed by atoms with E-state index in [2.05, 4.69) is 47.8 Å². The Hall–Kier alpha value is -1.20.